The summed E-state index contributed by atoms with van der Waals surface area (Å²) in [6.07, 6.45) is 0.323. The standard InChI is InChI=1S/C16H11ClN2O3/c17-11-3-1-2-9(6-11)7-14-15(20)19-12-5-4-10(16(21)22)8-13(12)18-14/h1-6,8H,7H2,(H,19,20)(H,21,22). The van der Waals surface area contributed by atoms with E-state index in [-0.39, 0.29) is 11.1 Å². The highest BCUT2D eigenvalue weighted by atomic mass is 35.5. The van der Waals surface area contributed by atoms with Crippen molar-refractivity contribution < 1.29 is 9.90 Å². The van der Waals surface area contributed by atoms with Crippen LogP contribution in [0.4, 0.5) is 0 Å². The van der Waals surface area contributed by atoms with Gasteiger partial charge in [-0.05, 0) is 35.9 Å². The Balaban J connectivity index is 2.07. The van der Waals surface area contributed by atoms with Gasteiger partial charge in [0.2, 0.25) is 0 Å². The Morgan fingerprint density at radius 1 is 1.23 bits per heavy atom. The van der Waals surface area contributed by atoms with E-state index in [9.17, 15) is 9.59 Å². The molecule has 1 aromatic heterocycles. The quantitative estimate of drug-likeness (QED) is 0.778. The van der Waals surface area contributed by atoms with E-state index in [1.165, 1.54) is 18.2 Å². The lowest BCUT2D eigenvalue weighted by Gasteiger charge is -2.04. The number of halogens is 1. The normalized spacial score (nSPS) is 10.8. The number of benzene rings is 2. The first kappa shape index (κ1) is 14.3. The van der Waals surface area contributed by atoms with Gasteiger partial charge >= 0.3 is 5.97 Å². The second kappa shape index (κ2) is 5.61. The Morgan fingerprint density at radius 3 is 2.77 bits per heavy atom. The number of nitrogens with zero attached hydrogens (tertiary/aromatic N) is 1. The van der Waals surface area contributed by atoms with Crippen LogP contribution in [0.1, 0.15) is 21.6 Å². The van der Waals surface area contributed by atoms with Crippen molar-refractivity contribution in [1.82, 2.24) is 9.97 Å². The number of fused-ring (bicyclic) bond motifs is 1. The lowest BCUT2D eigenvalue weighted by atomic mass is 10.1. The molecule has 22 heavy (non-hydrogen) atoms. The van der Waals surface area contributed by atoms with Crippen LogP contribution < -0.4 is 5.56 Å². The second-order valence-electron chi connectivity index (χ2n) is 4.86. The molecule has 0 fully saturated rings. The summed E-state index contributed by atoms with van der Waals surface area (Å²) in [6, 6.07) is 11.6. The maximum Gasteiger partial charge on any atom is 0.335 e. The highest BCUT2D eigenvalue weighted by Crippen LogP contribution is 2.15. The maximum atomic E-state index is 12.1. The van der Waals surface area contributed by atoms with E-state index in [1.54, 1.807) is 18.2 Å². The molecule has 0 atom stereocenters. The minimum atomic E-state index is -1.04. The van der Waals surface area contributed by atoms with E-state index in [0.717, 1.165) is 5.56 Å². The van der Waals surface area contributed by atoms with Gasteiger partial charge in [-0.3, -0.25) is 4.79 Å². The molecule has 0 saturated carbocycles. The molecule has 0 spiro atoms. The monoisotopic (exact) mass is 314 g/mol. The van der Waals surface area contributed by atoms with Crippen molar-refractivity contribution in [2.75, 3.05) is 0 Å². The molecule has 6 heteroatoms. The molecule has 3 rings (SSSR count). The Kier molecular flexibility index (Phi) is 3.65. The van der Waals surface area contributed by atoms with Crippen LogP contribution in [-0.4, -0.2) is 21.0 Å². The fourth-order valence-electron chi connectivity index (χ4n) is 2.21. The Bertz CT molecular complexity index is 934. The summed E-state index contributed by atoms with van der Waals surface area (Å²) in [5, 5.41) is 9.61. The summed E-state index contributed by atoms with van der Waals surface area (Å²) in [6.45, 7) is 0. The summed E-state index contributed by atoms with van der Waals surface area (Å²) in [4.78, 5) is 30.1. The molecule has 0 saturated heterocycles. The molecule has 5 nitrogen and oxygen atoms in total. The van der Waals surface area contributed by atoms with Crippen molar-refractivity contribution in [3.63, 3.8) is 0 Å². The smallest absolute Gasteiger partial charge is 0.335 e. The molecule has 0 unspecified atom stereocenters. The molecule has 0 radical (unpaired) electrons. The van der Waals surface area contributed by atoms with Gasteiger partial charge in [0.25, 0.3) is 5.56 Å². The minimum Gasteiger partial charge on any atom is -0.478 e. The molecule has 0 amide bonds. The summed E-state index contributed by atoms with van der Waals surface area (Å²) in [5.74, 6) is -1.04. The molecule has 1 heterocycles. The predicted octanol–water partition coefficient (Wildman–Crippen LogP) is 2.87. The van der Waals surface area contributed by atoms with Gasteiger partial charge in [-0.25, -0.2) is 9.78 Å². The Hall–Kier alpha value is -2.66. The third kappa shape index (κ3) is 2.84. The van der Waals surface area contributed by atoms with Crippen LogP contribution in [0, 0.1) is 0 Å². The van der Waals surface area contributed by atoms with Crippen LogP contribution in [-0.2, 0) is 6.42 Å². The first-order valence-electron chi connectivity index (χ1n) is 6.53. The molecule has 0 aliphatic rings. The topological polar surface area (TPSA) is 83.0 Å². The third-order valence-electron chi connectivity index (χ3n) is 3.27. The number of hydrogen-bond donors (Lipinski definition) is 2. The molecule has 0 aliphatic carbocycles. The maximum absolute atomic E-state index is 12.1. The lowest BCUT2D eigenvalue weighted by molar-refractivity contribution is 0.0697. The summed E-state index contributed by atoms with van der Waals surface area (Å²) in [7, 11) is 0. The Labute approximate surface area is 130 Å². The fourth-order valence-corrected chi connectivity index (χ4v) is 2.43. The average molecular weight is 315 g/mol. The van der Waals surface area contributed by atoms with Gasteiger partial charge in [-0.1, -0.05) is 23.7 Å². The summed E-state index contributed by atoms with van der Waals surface area (Å²) >= 11 is 5.93. The molecular formula is C16H11ClN2O3. The summed E-state index contributed by atoms with van der Waals surface area (Å²) in [5.41, 5.74) is 1.95. The molecule has 110 valence electrons. The van der Waals surface area contributed by atoms with E-state index >= 15 is 0 Å². The van der Waals surface area contributed by atoms with Crippen LogP contribution in [0.3, 0.4) is 0 Å². The zero-order valence-electron chi connectivity index (χ0n) is 11.3. The van der Waals surface area contributed by atoms with E-state index in [0.29, 0.717) is 28.2 Å². The minimum absolute atomic E-state index is 0.126. The zero-order valence-corrected chi connectivity index (χ0v) is 12.1. The van der Waals surface area contributed by atoms with E-state index in [4.69, 9.17) is 16.7 Å². The van der Waals surface area contributed by atoms with Gasteiger partial charge < -0.3 is 10.1 Å². The van der Waals surface area contributed by atoms with Gasteiger partial charge in [0.05, 0.1) is 16.6 Å². The number of aromatic nitrogens is 2. The van der Waals surface area contributed by atoms with E-state index in [1.807, 2.05) is 6.07 Å². The number of aromatic carboxylic acids is 1. The van der Waals surface area contributed by atoms with Crippen LogP contribution in [0.25, 0.3) is 11.0 Å². The van der Waals surface area contributed by atoms with Crippen molar-refractivity contribution in [1.29, 1.82) is 0 Å². The molecule has 2 N–H and O–H groups in total. The van der Waals surface area contributed by atoms with Crippen LogP contribution in [0.15, 0.2) is 47.3 Å². The van der Waals surface area contributed by atoms with Gasteiger partial charge in [0, 0.05) is 11.4 Å². The predicted molar refractivity (Wildman–Crippen MR) is 83.6 cm³/mol. The van der Waals surface area contributed by atoms with Crippen molar-refractivity contribution in [2.24, 2.45) is 0 Å². The first-order valence-corrected chi connectivity index (χ1v) is 6.91. The number of nitrogens with one attached hydrogen (secondary N) is 1. The molecule has 0 bridgehead atoms. The largest absolute Gasteiger partial charge is 0.478 e. The van der Waals surface area contributed by atoms with Crippen LogP contribution >= 0.6 is 11.6 Å². The molecule has 0 aliphatic heterocycles. The SMILES string of the molecule is O=C(O)c1ccc2[nH]c(=O)c(Cc3cccc(Cl)c3)nc2c1. The lowest BCUT2D eigenvalue weighted by Crippen LogP contribution is -2.15. The van der Waals surface area contributed by atoms with Crippen molar-refractivity contribution in [3.8, 4) is 0 Å². The third-order valence-corrected chi connectivity index (χ3v) is 3.51. The van der Waals surface area contributed by atoms with Gasteiger partial charge in [-0.15, -0.1) is 0 Å². The van der Waals surface area contributed by atoms with Crippen LogP contribution in [0.2, 0.25) is 5.02 Å². The van der Waals surface area contributed by atoms with Gasteiger partial charge in [-0.2, -0.15) is 0 Å². The summed E-state index contributed by atoms with van der Waals surface area (Å²) < 4.78 is 0. The number of carbonyl (C=O) groups is 1. The Morgan fingerprint density at radius 2 is 2.05 bits per heavy atom. The number of carboxylic acids is 1. The molecular weight excluding hydrogens is 304 g/mol. The van der Waals surface area contributed by atoms with Gasteiger partial charge in [0.1, 0.15) is 5.69 Å². The average Bonchev–Trinajstić information content (AvgIpc) is 2.47. The molecule has 2 aromatic carbocycles. The highest BCUT2D eigenvalue weighted by molar-refractivity contribution is 6.30. The van der Waals surface area contributed by atoms with Crippen LogP contribution in [0.5, 0.6) is 0 Å². The number of hydrogen-bond acceptors (Lipinski definition) is 3. The highest BCUT2D eigenvalue weighted by Gasteiger charge is 2.09. The zero-order chi connectivity index (χ0) is 15.7. The fraction of sp³-hybridized carbons (Fsp3) is 0.0625. The number of H-pyrrole nitrogens is 1. The van der Waals surface area contributed by atoms with E-state index < -0.39 is 5.97 Å². The van der Waals surface area contributed by atoms with Crippen molar-refractivity contribution in [3.05, 3.63) is 74.7 Å². The molecule has 3 aromatic rings. The first-order chi connectivity index (χ1) is 10.5. The number of rotatable bonds is 3. The van der Waals surface area contributed by atoms with E-state index in [2.05, 4.69) is 9.97 Å². The number of carboxylic acid groups (broad SMARTS) is 1. The van der Waals surface area contributed by atoms with Gasteiger partial charge in [0.15, 0.2) is 0 Å². The second-order valence-corrected chi connectivity index (χ2v) is 5.29. The van der Waals surface area contributed by atoms with Crippen molar-refractivity contribution >= 4 is 28.6 Å². The number of aromatic amines is 1. The van der Waals surface area contributed by atoms with Crippen molar-refractivity contribution in [2.45, 2.75) is 6.42 Å².